The van der Waals surface area contributed by atoms with E-state index in [0.29, 0.717) is 25.5 Å². The van der Waals surface area contributed by atoms with Gasteiger partial charge in [0.15, 0.2) is 0 Å². The zero-order valence-electron chi connectivity index (χ0n) is 9.95. The van der Waals surface area contributed by atoms with Crippen LogP contribution in [0.1, 0.15) is 33.6 Å². The highest BCUT2D eigenvalue weighted by atomic mass is 16.5. The Hall–Kier alpha value is -0.610. The molecule has 0 aliphatic heterocycles. The van der Waals surface area contributed by atoms with E-state index < -0.39 is 12.0 Å². The summed E-state index contributed by atoms with van der Waals surface area (Å²) in [7, 11) is 0. The van der Waals surface area contributed by atoms with E-state index in [1.54, 1.807) is 0 Å². The Morgan fingerprint density at radius 1 is 1.47 bits per heavy atom. The molecule has 4 nitrogen and oxygen atoms in total. The molecule has 0 heterocycles. The van der Waals surface area contributed by atoms with Gasteiger partial charge in [-0.2, -0.15) is 0 Å². The second-order valence-corrected chi connectivity index (χ2v) is 4.10. The van der Waals surface area contributed by atoms with E-state index >= 15 is 0 Å². The molecule has 0 amide bonds. The smallest absolute Gasteiger partial charge is 0.320 e. The van der Waals surface area contributed by atoms with Gasteiger partial charge in [-0.05, 0) is 12.3 Å². The fourth-order valence-electron chi connectivity index (χ4n) is 1.23. The largest absolute Gasteiger partial charge is 0.480 e. The van der Waals surface area contributed by atoms with Gasteiger partial charge in [0.1, 0.15) is 6.04 Å². The SMILES string of the molecule is CCCC(NCCOCC(C)C)C(=O)O. The fourth-order valence-corrected chi connectivity index (χ4v) is 1.23. The first-order valence-electron chi connectivity index (χ1n) is 5.61. The molecule has 0 saturated heterocycles. The van der Waals surface area contributed by atoms with E-state index in [1.807, 2.05) is 6.92 Å². The first-order chi connectivity index (χ1) is 7.07. The molecule has 1 atom stereocenters. The first kappa shape index (κ1) is 14.4. The van der Waals surface area contributed by atoms with E-state index in [-0.39, 0.29) is 0 Å². The van der Waals surface area contributed by atoms with Crippen molar-refractivity contribution in [3.05, 3.63) is 0 Å². The summed E-state index contributed by atoms with van der Waals surface area (Å²) in [6.45, 7) is 8.06. The summed E-state index contributed by atoms with van der Waals surface area (Å²) in [5, 5.41) is 11.8. The lowest BCUT2D eigenvalue weighted by atomic mass is 10.2. The molecule has 0 rings (SSSR count). The monoisotopic (exact) mass is 217 g/mol. The van der Waals surface area contributed by atoms with Gasteiger partial charge in [0.25, 0.3) is 0 Å². The summed E-state index contributed by atoms with van der Waals surface area (Å²) in [6.07, 6.45) is 1.54. The van der Waals surface area contributed by atoms with Gasteiger partial charge < -0.3 is 15.2 Å². The Balaban J connectivity index is 3.49. The Bertz CT molecular complexity index is 171. The summed E-state index contributed by atoms with van der Waals surface area (Å²) < 4.78 is 5.35. The molecule has 4 heteroatoms. The zero-order valence-corrected chi connectivity index (χ0v) is 9.95. The second kappa shape index (κ2) is 8.68. The molecule has 90 valence electrons. The number of rotatable bonds is 9. The topological polar surface area (TPSA) is 58.6 Å². The molecule has 2 N–H and O–H groups in total. The standard InChI is InChI=1S/C11H23NO3/c1-4-5-10(11(13)14)12-6-7-15-8-9(2)3/h9-10,12H,4-8H2,1-3H3,(H,13,14). The predicted octanol–water partition coefficient (Wildman–Crippen LogP) is 1.50. The van der Waals surface area contributed by atoms with Crippen molar-refractivity contribution in [3.63, 3.8) is 0 Å². The third-order valence-corrected chi connectivity index (χ3v) is 1.96. The lowest BCUT2D eigenvalue weighted by Crippen LogP contribution is -2.38. The van der Waals surface area contributed by atoms with E-state index in [0.717, 1.165) is 13.0 Å². The van der Waals surface area contributed by atoms with Crippen molar-refractivity contribution < 1.29 is 14.6 Å². The van der Waals surface area contributed by atoms with Crippen LogP contribution in [0, 0.1) is 5.92 Å². The summed E-state index contributed by atoms with van der Waals surface area (Å²) in [6, 6.07) is -0.433. The number of carboxylic acid groups (broad SMARTS) is 1. The van der Waals surface area contributed by atoms with Crippen LogP contribution in [0.2, 0.25) is 0 Å². The van der Waals surface area contributed by atoms with E-state index in [4.69, 9.17) is 9.84 Å². The highest BCUT2D eigenvalue weighted by molar-refractivity contribution is 5.73. The number of carbonyl (C=O) groups is 1. The molecule has 0 aromatic carbocycles. The Morgan fingerprint density at radius 2 is 2.13 bits per heavy atom. The summed E-state index contributed by atoms with van der Waals surface area (Å²) in [5.74, 6) is -0.253. The molecule has 0 aromatic heterocycles. The fraction of sp³-hybridized carbons (Fsp3) is 0.909. The van der Waals surface area contributed by atoms with Gasteiger partial charge >= 0.3 is 5.97 Å². The minimum atomic E-state index is -0.777. The summed E-state index contributed by atoms with van der Waals surface area (Å²) in [4.78, 5) is 10.8. The highest BCUT2D eigenvalue weighted by Gasteiger charge is 2.14. The number of hydrogen-bond acceptors (Lipinski definition) is 3. The van der Waals surface area contributed by atoms with Gasteiger partial charge in [-0.15, -0.1) is 0 Å². The van der Waals surface area contributed by atoms with Gasteiger partial charge in [-0.3, -0.25) is 4.79 Å². The minimum Gasteiger partial charge on any atom is -0.480 e. The second-order valence-electron chi connectivity index (χ2n) is 4.10. The minimum absolute atomic E-state index is 0.433. The third kappa shape index (κ3) is 8.39. The molecule has 0 radical (unpaired) electrons. The molecule has 15 heavy (non-hydrogen) atoms. The van der Waals surface area contributed by atoms with Gasteiger partial charge in [-0.25, -0.2) is 0 Å². The quantitative estimate of drug-likeness (QED) is 0.575. The van der Waals surface area contributed by atoms with Crippen molar-refractivity contribution in [3.8, 4) is 0 Å². The maximum absolute atomic E-state index is 10.8. The Morgan fingerprint density at radius 3 is 2.60 bits per heavy atom. The first-order valence-corrected chi connectivity index (χ1v) is 5.61. The highest BCUT2D eigenvalue weighted by Crippen LogP contribution is 1.96. The Labute approximate surface area is 92.0 Å². The van der Waals surface area contributed by atoms with Crippen molar-refractivity contribution in [1.82, 2.24) is 5.32 Å². The van der Waals surface area contributed by atoms with Crippen LogP contribution < -0.4 is 5.32 Å². The number of hydrogen-bond donors (Lipinski definition) is 2. The molecular formula is C11H23NO3. The van der Waals surface area contributed by atoms with Crippen molar-refractivity contribution in [2.75, 3.05) is 19.8 Å². The number of aliphatic carboxylic acids is 1. The molecule has 0 fully saturated rings. The van der Waals surface area contributed by atoms with Crippen molar-refractivity contribution in [2.24, 2.45) is 5.92 Å². The molecule has 0 spiro atoms. The molecule has 0 saturated carbocycles. The molecule has 0 bridgehead atoms. The van der Waals surface area contributed by atoms with E-state index in [1.165, 1.54) is 0 Å². The van der Waals surface area contributed by atoms with Gasteiger partial charge in [-0.1, -0.05) is 27.2 Å². The molecule has 0 aliphatic carbocycles. The van der Waals surface area contributed by atoms with Crippen LogP contribution in [0.4, 0.5) is 0 Å². The van der Waals surface area contributed by atoms with Crippen LogP contribution in [0.15, 0.2) is 0 Å². The summed E-state index contributed by atoms with van der Waals surface area (Å²) in [5.41, 5.74) is 0. The van der Waals surface area contributed by atoms with Crippen LogP contribution in [-0.4, -0.2) is 36.9 Å². The number of nitrogens with one attached hydrogen (secondary N) is 1. The summed E-state index contributed by atoms with van der Waals surface area (Å²) >= 11 is 0. The number of carboxylic acids is 1. The molecular weight excluding hydrogens is 194 g/mol. The predicted molar refractivity (Wildman–Crippen MR) is 60.0 cm³/mol. The van der Waals surface area contributed by atoms with Crippen LogP contribution in [0.3, 0.4) is 0 Å². The Kier molecular flexibility index (Phi) is 8.33. The van der Waals surface area contributed by atoms with E-state index in [2.05, 4.69) is 19.2 Å². The van der Waals surface area contributed by atoms with Gasteiger partial charge in [0.05, 0.1) is 6.61 Å². The zero-order chi connectivity index (χ0) is 11.7. The van der Waals surface area contributed by atoms with Crippen molar-refractivity contribution >= 4 is 5.97 Å². The van der Waals surface area contributed by atoms with Crippen LogP contribution >= 0.6 is 0 Å². The molecule has 0 aliphatic rings. The van der Waals surface area contributed by atoms with E-state index in [9.17, 15) is 4.79 Å². The maximum Gasteiger partial charge on any atom is 0.320 e. The van der Waals surface area contributed by atoms with Crippen LogP contribution in [0.5, 0.6) is 0 Å². The average molecular weight is 217 g/mol. The van der Waals surface area contributed by atoms with Crippen molar-refractivity contribution in [2.45, 2.75) is 39.7 Å². The molecule has 0 aromatic rings. The normalized spacial score (nSPS) is 13.1. The van der Waals surface area contributed by atoms with Crippen LogP contribution in [0.25, 0.3) is 0 Å². The maximum atomic E-state index is 10.8. The lowest BCUT2D eigenvalue weighted by Gasteiger charge is -2.13. The van der Waals surface area contributed by atoms with Crippen LogP contribution in [-0.2, 0) is 9.53 Å². The van der Waals surface area contributed by atoms with Gasteiger partial charge in [0, 0.05) is 13.2 Å². The third-order valence-electron chi connectivity index (χ3n) is 1.96. The van der Waals surface area contributed by atoms with Gasteiger partial charge in [0.2, 0.25) is 0 Å². The average Bonchev–Trinajstić information content (AvgIpc) is 2.15. The lowest BCUT2D eigenvalue weighted by molar-refractivity contribution is -0.139. The number of ether oxygens (including phenoxy) is 1. The molecule has 1 unspecified atom stereocenters. The van der Waals surface area contributed by atoms with Crippen molar-refractivity contribution in [1.29, 1.82) is 0 Å².